The van der Waals surface area contributed by atoms with Crippen LogP contribution < -0.4 is 4.74 Å². The predicted molar refractivity (Wildman–Crippen MR) is 79.0 cm³/mol. The van der Waals surface area contributed by atoms with Gasteiger partial charge in [0.15, 0.2) is 0 Å². The molecule has 0 N–H and O–H groups in total. The molecule has 0 saturated heterocycles. The zero-order chi connectivity index (χ0) is 16.4. The molecular weight excluding hydrogens is 276 g/mol. The zero-order valence-electron chi connectivity index (χ0n) is 12.9. The zero-order valence-corrected chi connectivity index (χ0v) is 12.9. The van der Waals surface area contributed by atoms with Crippen LogP contribution in [0, 0.1) is 20.2 Å². The SMILES string of the molecule is CCOc1c(C(C)(C)C)cc([N+](=O)[O-])c(CC)c1[N+](=O)[O-]. The van der Waals surface area contributed by atoms with Gasteiger partial charge in [-0.3, -0.25) is 20.2 Å². The van der Waals surface area contributed by atoms with Crippen molar-refractivity contribution >= 4 is 11.4 Å². The van der Waals surface area contributed by atoms with Crippen molar-refractivity contribution in [3.8, 4) is 5.75 Å². The van der Waals surface area contributed by atoms with Crippen LogP contribution in [-0.4, -0.2) is 16.5 Å². The van der Waals surface area contributed by atoms with Crippen LogP contribution in [0.4, 0.5) is 11.4 Å². The van der Waals surface area contributed by atoms with Gasteiger partial charge in [0.25, 0.3) is 5.69 Å². The molecule has 0 atom stereocenters. The molecule has 0 heterocycles. The monoisotopic (exact) mass is 296 g/mol. The van der Waals surface area contributed by atoms with E-state index in [0.29, 0.717) is 5.56 Å². The fourth-order valence-corrected chi connectivity index (χ4v) is 2.23. The van der Waals surface area contributed by atoms with Crippen LogP contribution in [0.25, 0.3) is 0 Å². The molecule has 21 heavy (non-hydrogen) atoms. The van der Waals surface area contributed by atoms with Crippen molar-refractivity contribution in [3.63, 3.8) is 0 Å². The molecule has 1 rings (SSSR count). The Bertz CT molecular complexity index is 576. The first-order chi connectivity index (χ1) is 9.65. The average Bonchev–Trinajstić information content (AvgIpc) is 2.35. The topological polar surface area (TPSA) is 95.5 Å². The van der Waals surface area contributed by atoms with Crippen LogP contribution in [0.1, 0.15) is 45.7 Å². The van der Waals surface area contributed by atoms with Crippen molar-refractivity contribution in [1.82, 2.24) is 0 Å². The Morgan fingerprint density at radius 2 is 1.71 bits per heavy atom. The molecule has 0 aliphatic carbocycles. The third-order valence-corrected chi connectivity index (χ3v) is 3.17. The Morgan fingerprint density at radius 3 is 2.05 bits per heavy atom. The molecular formula is C14H20N2O5. The van der Waals surface area contributed by atoms with Crippen LogP contribution in [0.15, 0.2) is 6.07 Å². The van der Waals surface area contributed by atoms with Crippen molar-refractivity contribution in [1.29, 1.82) is 0 Å². The number of nitro benzene ring substituents is 2. The summed E-state index contributed by atoms with van der Waals surface area (Å²) >= 11 is 0. The van der Waals surface area contributed by atoms with E-state index >= 15 is 0 Å². The number of hydrogen-bond acceptors (Lipinski definition) is 5. The summed E-state index contributed by atoms with van der Waals surface area (Å²) < 4.78 is 5.47. The van der Waals surface area contributed by atoms with Crippen LogP contribution >= 0.6 is 0 Å². The molecule has 7 nitrogen and oxygen atoms in total. The fourth-order valence-electron chi connectivity index (χ4n) is 2.23. The molecule has 0 bridgehead atoms. The van der Waals surface area contributed by atoms with Gasteiger partial charge in [-0.05, 0) is 18.8 Å². The van der Waals surface area contributed by atoms with E-state index in [1.807, 2.05) is 20.8 Å². The van der Waals surface area contributed by atoms with Gasteiger partial charge in [0.05, 0.1) is 16.5 Å². The van der Waals surface area contributed by atoms with Crippen LogP contribution in [0.5, 0.6) is 5.75 Å². The highest BCUT2D eigenvalue weighted by Gasteiger charge is 2.35. The molecule has 0 fully saturated rings. The normalized spacial score (nSPS) is 11.3. The summed E-state index contributed by atoms with van der Waals surface area (Å²) in [6.45, 7) is 9.15. The minimum absolute atomic E-state index is 0.0986. The second-order valence-electron chi connectivity index (χ2n) is 5.65. The van der Waals surface area contributed by atoms with E-state index in [9.17, 15) is 20.2 Å². The van der Waals surface area contributed by atoms with Gasteiger partial charge in [-0.15, -0.1) is 0 Å². The molecule has 0 aliphatic rings. The van der Waals surface area contributed by atoms with E-state index < -0.39 is 15.3 Å². The maximum absolute atomic E-state index is 11.4. The number of ether oxygens (including phenoxy) is 1. The second kappa shape index (κ2) is 6.07. The van der Waals surface area contributed by atoms with E-state index in [4.69, 9.17) is 4.74 Å². The van der Waals surface area contributed by atoms with Crippen molar-refractivity contribution in [3.05, 3.63) is 37.4 Å². The standard InChI is InChI=1S/C14H20N2O5/c1-6-9-11(15(17)18)8-10(14(3,4)5)13(21-7-2)12(9)16(19)20/h8H,6-7H2,1-5H3. The molecule has 0 aromatic heterocycles. The lowest BCUT2D eigenvalue weighted by Gasteiger charge is -2.23. The van der Waals surface area contributed by atoms with E-state index in [0.717, 1.165) is 0 Å². The van der Waals surface area contributed by atoms with Gasteiger partial charge < -0.3 is 4.74 Å². The first-order valence-electron chi connectivity index (χ1n) is 6.77. The van der Waals surface area contributed by atoms with Crippen molar-refractivity contribution in [2.24, 2.45) is 0 Å². The van der Waals surface area contributed by atoms with Gasteiger partial charge in [0.2, 0.25) is 5.75 Å². The van der Waals surface area contributed by atoms with E-state index in [1.54, 1.807) is 13.8 Å². The van der Waals surface area contributed by atoms with Crippen molar-refractivity contribution in [2.75, 3.05) is 6.61 Å². The molecule has 0 spiro atoms. The Balaban J connectivity index is 3.89. The molecule has 1 aromatic carbocycles. The summed E-state index contributed by atoms with van der Waals surface area (Å²) in [6, 6.07) is 1.40. The summed E-state index contributed by atoms with van der Waals surface area (Å²) in [5.41, 5.74) is -0.454. The molecule has 0 amide bonds. The molecule has 0 aliphatic heterocycles. The highest BCUT2D eigenvalue weighted by Crippen LogP contribution is 2.45. The van der Waals surface area contributed by atoms with E-state index in [1.165, 1.54) is 6.07 Å². The van der Waals surface area contributed by atoms with Crippen LogP contribution in [-0.2, 0) is 11.8 Å². The largest absolute Gasteiger partial charge is 0.487 e. The van der Waals surface area contributed by atoms with Gasteiger partial charge in [-0.1, -0.05) is 27.7 Å². The maximum Gasteiger partial charge on any atom is 0.321 e. The Kier molecular flexibility index (Phi) is 4.88. The third kappa shape index (κ3) is 3.29. The molecule has 116 valence electrons. The van der Waals surface area contributed by atoms with Gasteiger partial charge in [-0.2, -0.15) is 0 Å². The van der Waals surface area contributed by atoms with E-state index in [2.05, 4.69) is 0 Å². The Labute approximate surface area is 123 Å². The summed E-state index contributed by atoms with van der Waals surface area (Å²) in [4.78, 5) is 21.5. The van der Waals surface area contributed by atoms with Crippen LogP contribution in [0.3, 0.4) is 0 Å². The van der Waals surface area contributed by atoms with Gasteiger partial charge in [0, 0.05) is 11.6 Å². The molecule has 0 unspecified atom stereocenters. The minimum Gasteiger partial charge on any atom is -0.487 e. The average molecular weight is 296 g/mol. The minimum atomic E-state index is -0.591. The highest BCUT2D eigenvalue weighted by atomic mass is 16.6. The van der Waals surface area contributed by atoms with Crippen molar-refractivity contribution in [2.45, 2.75) is 46.5 Å². The first-order valence-corrected chi connectivity index (χ1v) is 6.77. The lowest BCUT2D eigenvalue weighted by molar-refractivity contribution is -0.396. The molecule has 7 heteroatoms. The summed E-state index contributed by atoms with van der Waals surface area (Å²) in [5, 5.41) is 22.7. The number of nitrogens with zero attached hydrogens (tertiary/aromatic N) is 2. The summed E-state index contributed by atoms with van der Waals surface area (Å²) in [7, 11) is 0. The first kappa shape index (κ1) is 16.9. The number of hydrogen-bond donors (Lipinski definition) is 0. The van der Waals surface area contributed by atoms with Crippen molar-refractivity contribution < 1.29 is 14.6 Å². The van der Waals surface area contributed by atoms with Gasteiger partial charge >= 0.3 is 5.69 Å². The molecule has 0 saturated carbocycles. The highest BCUT2D eigenvalue weighted by molar-refractivity contribution is 5.67. The quantitative estimate of drug-likeness (QED) is 0.608. The van der Waals surface area contributed by atoms with E-state index in [-0.39, 0.29) is 35.7 Å². The summed E-state index contributed by atoms with van der Waals surface area (Å²) in [5.74, 6) is 0.137. The smallest absolute Gasteiger partial charge is 0.321 e. The molecule has 1 aromatic rings. The molecule has 0 radical (unpaired) electrons. The van der Waals surface area contributed by atoms with Gasteiger partial charge in [-0.25, -0.2) is 0 Å². The lowest BCUT2D eigenvalue weighted by Crippen LogP contribution is -2.16. The van der Waals surface area contributed by atoms with Gasteiger partial charge in [0.1, 0.15) is 5.56 Å². The number of rotatable bonds is 5. The summed E-state index contributed by atoms with van der Waals surface area (Å²) in [6.07, 6.45) is 0.192. The Morgan fingerprint density at radius 1 is 1.14 bits per heavy atom. The number of nitro groups is 2. The third-order valence-electron chi connectivity index (χ3n) is 3.17. The second-order valence-corrected chi connectivity index (χ2v) is 5.65. The van der Waals surface area contributed by atoms with Crippen LogP contribution in [0.2, 0.25) is 0 Å². The Hall–Kier alpha value is -2.18. The predicted octanol–water partition coefficient (Wildman–Crippen LogP) is 3.76. The lowest BCUT2D eigenvalue weighted by atomic mass is 9.84. The maximum atomic E-state index is 11.4. The fraction of sp³-hybridized carbons (Fsp3) is 0.571. The number of benzene rings is 1.